The number of halogens is 3. The van der Waals surface area contributed by atoms with E-state index in [0.29, 0.717) is 16.6 Å². The molecule has 2 aromatic rings. The second-order valence-corrected chi connectivity index (χ2v) is 5.91. The van der Waals surface area contributed by atoms with Gasteiger partial charge in [-0.1, -0.05) is 41.4 Å². The molecule has 0 saturated heterocycles. The Bertz CT molecular complexity index is 579. The summed E-state index contributed by atoms with van der Waals surface area (Å²) in [6.07, 6.45) is 1.77. The predicted molar refractivity (Wildman–Crippen MR) is 90.1 cm³/mol. The van der Waals surface area contributed by atoms with E-state index in [9.17, 15) is 0 Å². The van der Waals surface area contributed by atoms with Crippen LogP contribution in [0.15, 0.2) is 47.6 Å². The fourth-order valence-electron chi connectivity index (χ4n) is 1.53. The molecule has 1 N–H and O–H groups in total. The van der Waals surface area contributed by atoms with Gasteiger partial charge in [0.2, 0.25) is 0 Å². The van der Waals surface area contributed by atoms with E-state index in [1.165, 1.54) is 3.57 Å². The van der Waals surface area contributed by atoms with E-state index in [4.69, 9.17) is 23.2 Å². The molecule has 98 valence electrons. The molecule has 0 bridgehead atoms. The minimum atomic E-state index is 0.499. The minimum absolute atomic E-state index is 0.499. The van der Waals surface area contributed by atoms with Gasteiger partial charge in [0, 0.05) is 19.2 Å². The average molecular weight is 405 g/mol. The molecule has 2 rings (SSSR count). The van der Waals surface area contributed by atoms with Crippen molar-refractivity contribution in [2.75, 3.05) is 0 Å². The van der Waals surface area contributed by atoms with Gasteiger partial charge in [-0.25, -0.2) is 0 Å². The number of benzene rings is 2. The SMILES string of the molecule is Clc1cccc(Cl)c1CN/N=C\c1cccc(I)c1. The van der Waals surface area contributed by atoms with E-state index in [1.807, 2.05) is 42.5 Å². The van der Waals surface area contributed by atoms with Gasteiger partial charge in [0.1, 0.15) is 0 Å². The van der Waals surface area contributed by atoms with Gasteiger partial charge in [0.05, 0.1) is 12.8 Å². The summed E-state index contributed by atoms with van der Waals surface area (Å²) in [6.45, 7) is 0.499. The summed E-state index contributed by atoms with van der Waals surface area (Å²) < 4.78 is 1.18. The molecule has 2 aromatic carbocycles. The van der Waals surface area contributed by atoms with Crippen LogP contribution >= 0.6 is 45.8 Å². The van der Waals surface area contributed by atoms with Crippen LogP contribution in [0.1, 0.15) is 11.1 Å². The molecule has 0 aliphatic carbocycles. The van der Waals surface area contributed by atoms with E-state index in [1.54, 1.807) is 6.21 Å². The fraction of sp³-hybridized carbons (Fsp3) is 0.0714. The van der Waals surface area contributed by atoms with Crippen LogP contribution in [0.4, 0.5) is 0 Å². The first-order chi connectivity index (χ1) is 9.16. The van der Waals surface area contributed by atoms with Crippen molar-refractivity contribution in [2.45, 2.75) is 6.54 Å². The number of nitrogens with zero attached hydrogens (tertiary/aromatic N) is 1. The topological polar surface area (TPSA) is 24.4 Å². The summed E-state index contributed by atoms with van der Waals surface area (Å²) in [6, 6.07) is 13.5. The van der Waals surface area contributed by atoms with Crippen molar-refractivity contribution >= 4 is 52.0 Å². The number of rotatable bonds is 4. The molecule has 0 fully saturated rings. The zero-order chi connectivity index (χ0) is 13.7. The van der Waals surface area contributed by atoms with Gasteiger partial charge in [0.25, 0.3) is 0 Å². The number of hydrogen-bond acceptors (Lipinski definition) is 2. The maximum Gasteiger partial charge on any atom is 0.0609 e. The molecule has 0 radical (unpaired) electrons. The number of hydrazone groups is 1. The second-order valence-electron chi connectivity index (χ2n) is 3.85. The standard InChI is InChI=1S/C14H11Cl2IN2/c15-13-5-2-6-14(16)12(13)9-19-18-8-10-3-1-4-11(17)7-10/h1-8,19H,9H2/b18-8-. The molecule has 0 saturated carbocycles. The molecular formula is C14H11Cl2IN2. The third-order valence-corrected chi connectivity index (χ3v) is 3.85. The first-order valence-electron chi connectivity index (χ1n) is 5.61. The lowest BCUT2D eigenvalue weighted by Gasteiger charge is -2.05. The van der Waals surface area contributed by atoms with E-state index >= 15 is 0 Å². The Hall–Kier alpha value is -0.780. The van der Waals surface area contributed by atoms with Crippen molar-refractivity contribution in [3.8, 4) is 0 Å². The molecule has 0 aliphatic rings. The Labute approximate surface area is 136 Å². The molecule has 0 unspecified atom stereocenters. The van der Waals surface area contributed by atoms with E-state index in [-0.39, 0.29) is 0 Å². The lowest BCUT2D eigenvalue weighted by Crippen LogP contribution is -2.06. The van der Waals surface area contributed by atoms with Crippen LogP contribution in [0.5, 0.6) is 0 Å². The van der Waals surface area contributed by atoms with Gasteiger partial charge < -0.3 is 5.43 Å². The largest absolute Gasteiger partial charge is 0.306 e. The first kappa shape index (κ1) is 14.6. The van der Waals surface area contributed by atoms with Crippen molar-refractivity contribution < 1.29 is 0 Å². The summed E-state index contributed by atoms with van der Waals surface area (Å²) >= 11 is 14.4. The van der Waals surface area contributed by atoms with Gasteiger partial charge in [-0.05, 0) is 52.4 Å². The van der Waals surface area contributed by atoms with E-state index in [0.717, 1.165) is 11.1 Å². The highest BCUT2D eigenvalue weighted by Crippen LogP contribution is 2.23. The molecule has 19 heavy (non-hydrogen) atoms. The predicted octanol–water partition coefficient (Wildman–Crippen LogP) is 4.72. The van der Waals surface area contributed by atoms with Gasteiger partial charge in [-0.2, -0.15) is 5.10 Å². The van der Waals surface area contributed by atoms with Crippen LogP contribution < -0.4 is 5.43 Å². The van der Waals surface area contributed by atoms with Crippen LogP contribution in [-0.4, -0.2) is 6.21 Å². The zero-order valence-electron chi connectivity index (χ0n) is 9.91. The van der Waals surface area contributed by atoms with E-state index < -0.39 is 0 Å². The molecular weight excluding hydrogens is 394 g/mol. The van der Waals surface area contributed by atoms with Crippen molar-refractivity contribution in [3.63, 3.8) is 0 Å². The van der Waals surface area contributed by atoms with Crippen LogP contribution in [0.3, 0.4) is 0 Å². The molecule has 0 amide bonds. The van der Waals surface area contributed by atoms with Crippen LogP contribution in [-0.2, 0) is 6.54 Å². The summed E-state index contributed by atoms with van der Waals surface area (Å²) in [5.41, 5.74) is 4.85. The monoisotopic (exact) mass is 404 g/mol. The normalized spacial score (nSPS) is 10.9. The maximum atomic E-state index is 6.07. The molecule has 0 aliphatic heterocycles. The Balaban J connectivity index is 1.97. The zero-order valence-corrected chi connectivity index (χ0v) is 13.6. The van der Waals surface area contributed by atoms with Gasteiger partial charge in [0.15, 0.2) is 0 Å². The fourth-order valence-corrected chi connectivity index (χ4v) is 2.63. The van der Waals surface area contributed by atoms with Crippen molar-refractivity contribution in [1.82, 2.24) is 5.43 Å². The molecule has 0 atom stereocenters. The molecule has 0 heterocycles. The second kappa shape index (κ2) is 7.12. The highest BCUT2D eigenvalue weighted by molar-refractivity contribution is 14.1. The highest BCUT2D eigenvalue weighted by Gasteiger charge is 2.03. The summed E-state index contributed by atoms with van der Waals surface area (Å²) in [5, 5.41) is 5.45. The number of nitrogens with one attached hydrogen (secondary N) is 1. The third-order valence-electron chi connectivity index (χ3n) is 2.47. The maximum absolute atomic E-state index is 6.07. The molecule has 0 spiro atoms. The summed E-state index contributed by atoms with van der Waals surface area (Å²) in [5.74, 6) is 0. The average Bonchev–Trinajstić information content (AvgIpc) is 2.37. The van der Waals surface area contributed by atoms with Crippen LogP contribution in [0.25, 0.3) is 0 Å². The van der Waals surface area contributed by atoms with Gasteiger partial charge in [-0.15, -0.1) is 0 Å². The molecule has 0 aromatic heterocycles. The van der Waals surface area contributed by atoms with E-state index in [2.05, 4.69) is 33.1 Å². The van der Waals surface area contributed by atoms with Gasteiger partial charge in [-0.3, -0.25) is 0 Å². The third kappa shape index (κ3) is 4.37. The Morgan fingerprint density at radius 2 is 1.79 bits per heavy atom. The lowest BCUT2D eigenvalue weighted by molar-refractivity contribution is 0.748. The Morgan fingerprint density at radius 1 is 1.11 bits per heavy atom. The first-order valence-corrected chi connectivity index (χ1v) is 7.44. The quantitative estimate of drug-likeness (QED) is 0.445. The Kier molecular flexibility index (Phi) is 5.48. The highest BCUT2D eigenvalue weighted by atomic mass is 127. The minimum Gasteiger partial charge on any atom is -0.306 e. The van der Waals surface area contributed by atoms with Crippen LogP contribution in [0.2, 0.25) is 10.0 Å². The summed E-state index contributed by atoms with van der Waals surface area (Å²) in [7, 11) is 0. The number of hydrogen-bond donors (Lipinski definition) is 1. The Morgan fingerprint density at radius 3 is 2.47 bits per heavy atom. The molecule has 2 nitrogen and oxygen atoms in total. The van der Waals surface area contributed by atoms with Crippen molar-refractivity contribution in [3.05, 3.63) is 67.2 Å². The van der Waals surface area contributed by atoms with Crippen LogP contribution in [0, 0.1) is 3.57 Å². The van der Waals surface area contributed by atoms with Crippen molar-refractivity contribution in [1.29, 1.82) is 0 Å². The summed E-state index contributed by atoms with van der Waals surface area (Å²) in [4.78, 5) is 0. The molecule has 5 heteroatoms. The van der Waals surface area contributed by atoms with Crippen molar-refractivity contribution in [2.24, 2.45) is 5.10 Å². The lowest BCUT2D eigenvalue weighted by atomic mass is 10.2. The smallest absolute Gasteiger partial charge is 0.0609 e. The van der Waals surface area contributed by atoms with Gasteiger partial charge >= 0.3 is 0 Å².